The van der Waals surface area contributed by atoms with Crippen LogP contribution in [0.4, 0.5) is 0 Å². The summed E-state index contributed by atoms with van der Waals surface area (Å²) in [6.07, 6.45) is 0. The second kappa shape index (κ2) is 15.2. The molecule has 0 radical (unpaired) electrons. The Morgan fingerprint density at radius 2 is 0.746 bits per heavy atom. The average Bonchev–Trinajstić information content (AvgIpc) is 3.70. The molecule has 0 saturated carbocycles. The lowest BCUT2D eigenvalue weighted by Crippen LogP contribution is -2.00. The molecule has 0 spiro atoms. The van der Waals surface area contributed by atoms with Crippen molar-refractivity contribution in [3.05, 3.63) is 231 Å². The third-order valence-electron chi connectivity index (χ3n) is 12.2. The highest BCUT2D eigenvalue weighted by atomic mass is 15.0. The van der Waals surface area contributed by atoms with Gasteiger partial charge in [-0.2, -0.15) is 0 Å². The lowest BCUT2D eigenvalue weighted by Gasteiger charge is -2.13. The first kappa shape index (κ1) is 36.4. The van der Waals surface area contributed by atoms with E-state index < -0.39 is 0 Å². The van der Waals surface area contributed by atoms with Gasteiger partial charge >= 0.3 is 0 Å². The highest BCUT2D eigenvalue weighted by molar-refractivity contribution is 6.23. The van der Waals surface area contributed by atoms with Crippen LogP contribution in [0.1, 0.15) is 0 Å². The number of rotatable bonds is 7. The average molecular weight is 803 g/mol. The number of hydrogen-bond donors (Lipinski definition) is 0. The summed E-state index contributed by atoms with van der Waals surface area (Å²) < 4.78 is 2.44. The Bertz CT molecular complexity index is 3560. The Morgan fingerprint density at radius 3 is 1.35 bits per heavy atom. The molecule has 0 aliphatic carbocycles. The minimum Gasteiger partial charge on any atom is -0.309 e. The Morgan fingerprint density at radius 1 is 0.270 bits per heavy atom. The molecule has 63 heavy (non-hydrogen) atoms. The molecular weight excluding hydrogens is 765 g/mol. The second-order valence-electron chi connectivity index (χ2n) is 16.0. The molecular formula is C59H38N4. The monoisotopic (exact) mass is 802 g/mol. The van der Waals surface area contributed by atoms with E-state index in [2.05, 4.69) is 174 Å². The van der Waals surface area contributed by atoms with Gasteiger partial charge in [-0.3, -0.25) is 0 Å². The van der Waals surface area contributed by atoms with E-state index in [1.807, 2.05) is 60.7 Å². The van der Waals surface area contributed by atoms with Gasteiger partial charge in [-0.25, -0.2) is 15.0 Å². The number of benzene rings is 10. The Hall–Kier alpha value is -8.47. The van der Waals surface area contributed by atoms with E-state index >= 15 is 0 Å². The smallest absolute Gasteiger partial charge is 0.164 e. The van der Waals surface area contributed by atoms with Gasteiger partial charge in [-0.05, 0) is 91.3 Å². The van der Waals surface area contributed by atoms with E-state index in [0.29, 0.717) is 17.5 Å². The second-order valence-corrected chi connectivity index (χ2v) is 16.0. The van der Waals surface area contributed by atoms with E-state index in [1.54, 1.807) is 0 Å². The van der Waals surface area contributed by atoms with Crippen LogP contribution in [0.5, 0.6) is 0 Å². The lowest BCUT2D eigenvalue weighted by atomic mass is 9.91. The molecule has 0 bridgehead atoms. The topological polar surface area (TPSA) is 43.6 Å². The van der Waals surface area contributed by atoms with Crippen LogP contribution in [-0.2, 0) is 0 Å². The van der Waals surface area contributed by atoms with Crippen molar-refractivity contribution in [3.63, 3.8) is 0 Å². The molecule has 0 saturated heterocycles. The summed E-state index contributed by atoms with van der Waals surface area (Å²) in [6.45, 7) is 0. The maximum atomic E-state index is 4.94. The van der Waals surface area contributed by atoms with Crippen LogP contribution >= 0.6 is 0 Å². The molecule has 2 heterocycles. The van der Waals surface area contributed by atoms with Crippen molar-refractivity contribution in [2.24, 2.45) is 0 Å². The van der Waals surface area contributed by atoms with Crippen molar-refractivity contribution < 1.29 is 0 Å². The van der Waals surface area contributed by atoms with Gasteiger partial charge < -0.3 is 4.57 Å². The van der Waals surface area contributed by atoms with Crippen LogP contribution in [0.2, 0.25) is 0 Å². The van der Waals surface area contributed by atoms with Gasteiger partial charge in [0.15, 0.2) is 17.5 Å². The van der Waals surface area contributed by atoms with E-state index in [1.165, 1.54) is 65.6 Å². The fraction of sp³-hybridized carbons (Fsp3) is 0. The van der Waals surface area contributed by atoms with Gasteiger partial charge in [0.2, 0.25) is 0 Å². The summed E-state index contributed by atoms with van der Waals surface area (Å²) >= 11 is 0. The number of para-hydroxylation sites is 1. The summed E-state index contributed by atoms with van der Waals surface area (Å²) in [5.41, 5.74) is 13.4. The van der Waals surface area contributed by atoms with Gasteiger partial charge in [0.1, 0.15) is 0 Å². The Labute approximate surface area is 365 Å². The third-order valence-corrected chi connectivity index (χ3v) is 12.2. The lowest BCUT2D eigenvalue weighted by molar-refractivity contribution is 1.07. The van der Waals surface area contributed by atoms with E-state index in [4.69, 9.17) is 15.0 Å². The molecule has 0 aliphatic heterocycles. The zero-order chi connectivity index (χ0) is 41.7. The highest BCUT2D eigenvalue weighted by Crippen LogP contribution is 2.44. The number of aromatic nitrogens is 4. The van der Waals surface area contributed by atoms with Gasteiger partial charge in [-0.15, -0.1) is 0 Å². The van der Waals surface area contributed by atoms with Crippen LogP contribution in [0, 0.1) is 0 Å². The molecule has 0 unspecified atom stereocenters. The van der Waals surface area contributed by atoms with Gasteiger partial charge in [-0.1, -0.05) is 194 Å². The van der Waals surface area contributed by atoms with E-state index in [-0.39, 0.29) is 0 Å². The third kappa shape index (κ3) is 6.44. The van der Waals surface area contributed by atoms with Crippen molar-refractivity contribution in [2.75, 3.05) is 0 Å². The minimum atomic E-state index is 0.643. The van der Waals surface area contributed by atoms with Crippen LogP contribution in [0.25, 0.3) is 117 Å². The number of hydrogen-bond acceptors (Lipinski definition) is 3. The maximum Gasteiger partial charge on any atom is 0.164 e. The summed E-state index contributed by atoms with van der Waals surface area (Å²) in [5.74, 6) is 1.95. The predicted octanol–water partition coefficient (Wildman–Crippen LogP) is 15.3. The molecule has 10 aromatic carbocycles. The summed E-state index contributed by atoms with van der Waals surface area (Å²) in [7, 11) is 0. The first-order valence-corrected chi connectivity index (χ1v) is 21.4. The molecule has 0 fully saturated rings. The minimum absolute atomic E-state index is 0.643. The molecule has 0 atom stereocenters. The molecule has 4 heteroatoms. The fourth-order valence-electron chi connectivity index (χ4n) is 9.20. The van der Waals surface area contributed by atoms with Gasteiger partial charge in [0.05, 0.1) is 11.0 Å². The summed E-state index contributed by atoms with van der Waals surface area (Å²) in [4.78, 5) is 14.7. The van der Waals surface area contributed by atoms with Crippen LogP contribution in [-0.4, -0.2) is 19.5 Å². The van der Waals surface area contributed by atoms with E-state index in [0.717, 1.165) is 33.5 Å². The Kier molecular flexibility index (Phi) is 8.79. The Balaban J connectivity index is 0.972. The van der Waals surface area contributed by atoms with E-state index in [9.17, 15) is 0 Å². The number of nitrogens with zero attached hydrogens (tertiary/aromatic N) is 4. The maximum absolute atomic E-state index is 4.94. The molecule has 0 N–H and O–H groups in total. The molecule has 12 aromatic rings. The number of fused-ring (bicyclic) bond motifs is 6. The van der Waals surface area contributed by atoms with Crippen molar-refractivity contribution in [3.8, 4) is 73.2 Å². The van der Waals surface area contributed by atoms with Crippen LogP contribution in [0.3, 0.4) is 0 Å². The fourth-order valence-corrected chi connectivity index (χ4v) is 9.20. The predicted molar refractivity (Wildman–Crippen MR) is 262 cm³/mol. The molecule has 12 rings (SSSR count). The summed E-state index contributed by atoms with van der Waals surface area (Å²) in [6, 6.07) is 82.0. The highest BCUT2D eigenvalue weighted by Gasteiger charge is 2.20. The van der Waals surface area contributed by atoms with Crippen molar-refractivity contribution in [1.29, 1.82) is 0 Å². The zero-order valence-corrected chi connectivity index (χ0v) is 34.2. The summed E-state index contributed by atoms with van der Waals surface area (Å²) in [5, 5.41) is 7.46. The first-order valence-electron chi connectivity index (χ1n) is 21.4. The quantitative estimate of drug-likeness (QED) is 0.151. The van der Waals surface area contributed by atoms with Crippen molar-refractivity contribution in [2.45, 2.75) is 0 Å². The van der Waals surface area contributed by atoms with Gasteiger partial charge in [0.25, 0.3) is 0 Å². The molecule has 4 nitrogen and oxygen atoms in total. The SMILES string of the molecule is c1ccc(-c2nc(-c3ccccc3)nc(-c3ccc(-c4ccc(-c5cccc6c5c5cc7c(-c8ccccc8)cc8ccccc8c7cc5n6-c5ccccc5)cc4)cc3)n2)cc1. The zero-order valence-electron chi connectivity index (χ0n) is 34.2. The molecule has 2 aromatic heterocycles. The van der Waals surface area contributed by atoms with Crippen molar-refractivity contribution >= 4 is 43.4 Å². The molecule has 294 valence electrons. The standard InChI is InChI=1S/C59H38N4/c1-5-16-41(17-6-1)50-36-46-22-13-14-25-48(46)52-38-55-53(37-51(50)52)56-49(26-15-27-54(56)63(55)47-23-11-4-12-24-47)42-32-28-39(29-33-42)40-30-34-45(35-31-40)59-61-57(43-18-7-2-8-19-43)60-58(62-59)44-20-9-3-10-21-44/h1-38H. The molecule has 0 amide bonds. The first-order chi connectivity index (χ1) is 31.2. The molecule has 0 aliphatic rings. The largest absolute Gasteiger partial charge is 0.309 e. The van der Waals surface area contributed by atoms with Gasteiger partial charge in [0, 0.05) is 33.2 Å². The van der Waals surface area contributed by atoms with Crippen LogP contribution in [0.15, 0.2) is 231 Å². The van der Waals surface area contributed by atoms with Crippen LogP contribution < -0.4 is 0 Å². The normalized spacial score (nSPS) is 11.5. The van der Waals surface area contributed by atoms with Crippen molar-refractivity contribution in [1.82, 2.24) is 19.5 Å².